The van der Waals surface area contributed by atoms with Crippen molar-refractivity contribution in [1.29, 1.82) is 0 Å². The number of para-hydroxylation sites is 12. The van der Waals surface area contributed by atoms with Crippen molar-refractivity contribution in [2.24, 2.45) is 0 Å². The van der Waals surface area contributed by atoms with Gasteiger partial charge >= 0.3 is 0 Å². The first-order chi connectivity index (χ1) is 36.2. The summed E-state index contributed by atoms with van der Waals surface area (Å²) in [5, 5.41) is 6.33. The highest BCUT2D eigenvalue weighted by Gasteiger charge is 2.33. The van der Waals surface area contributed by atoms with E-state index in [9.17, 15) is 0 Å². The van der Waals surface area contributed by atoms with E-state index in [1.54, 1.807) is 69.5 Å². The predicted molar refractivity (Wildman–Crippen MR) is 296 cm³/mol. The van der Waals surface area contributed by atoms with E-state index < -0.39 is 0 Å². The summed E-state index contributed by atoms with van der Waals surface area (Å²) in [6.45, 7) is 0. The van der Waals surface area contributed by atoms with Crippen LogP contribution in [0.4, 0.5) is 22.7 Å². The van der Waals surface area contributed by atoms with Crippen LogP contribution >= 0.6 is 0 Å². The standard InChI is InChI=1S/C60H38N8O6/c61-33-13-1-9-21-41(33)71-45-25-29-49-31(59(69)67-39-19-7-5-17-37(39)65-57(29)67)27-47(73-43-23-11-3-15-35(43)63)53-54-48(74-44-24-12-4-16-36(44)64)28-32-50-30(58-66-38-18-6-8-20-40(38)68(58)60(32)70)26-46(52(56(50)54)51(45)55(49)53)72-42-22-10-2-14-34(42)62/h1-28,65-66H,61-64H2. The lowest BCUT2D eigenvalue weighted by Crippen LogP contribution is -2.15. The van der Waals surface area contributed by atoms with Crippen molar-refractivity contribution in [2.75, 3.05) is 22.9 Å². The molecule has 0 spiro atoms. The van der Waals surface area contributed by atoms with E-state index in [1.165, 1.54) is 0 Å². The number of nitrogens with one attached hydrogen (secondary N) is 2. The topological polar surface area (TPSA) is 216 Å². The Bertz CT molecular complexity index is 4700. The molecule has 0 aliphatic rings. The molecule has 0 radical (unpaired) electrons. The van der Waals surface area contributed by atoms with Gasteiger partial charge in [-0.3, -0.25) is 18.4 Å². The molecule has 354 valence electrons. The maximum Gasteiger partial charge on any atom is 0.264 e. The van der Waals surface area contributed by atoms with E-state index in [2.05, 4.69) is 9.97 Å². The number of nitrogens with two attached hydrogens (primary N) is 4. The average molecular weight is 967 g/mol. The minimum absolute atomic E-state index is 0.265. The Morgan fingerprint density at radius 2 is 0.595 bits per heavy atom. The van der Waals surface area contributed by atoms with Gasteiger partial charge in [0.2, 0.25) is 0 Å². The molecule has 11 aromatic carbocycles. The number of anilines is 4. The lowest BCUT2D eigenvalue weighted by molar-refractivity contribution is 0.486. The first-order valence-electron chi connectivity index (χ1n) is 23.8. The molecule has 0 fully saturated rings. The summed E-state index contributed by atoms with van der Waals surface area (Å²) in [6, 6.07) is 51.5. The monoisotopic (exact) mass is 966 g/mol. The maximum atomic E-state index is 15.6. The Kier molecular flexibility index (Phi) is 8.33. The Balaban J connectivity index is 1.27. The van der Waals surface area contributed by atoms with E-state index >= 15 is 9.59 Å². The number of nitrogens with zero attached hydrogens (tertiary/aromatic N) is 2. The number of nitrogen functional groups attached to an aromatic ring is 4. The fourth-order valence-electron chi connectivity index (χ4n) is 11.2. The van der Waals surface area contributed by atoms with Gasteiger partial charge in [-0.15, -0.1) is 0 Å². The third-order valence-corrected chi connectivity index (χ3v) is 14.3. The van der Waals surface area contributed by atoms with Gasteiger partial charge in [0, 0.05) is 53.9 Å². The number of imidazole rings is 2. The Morgan fingerprint density at radius 1 is 0.311 bits per heavy atom. The van der Waals surface area contributed by atoms with Crippen molar-refractivity contribution in [3.8, 4) is 46.0 Å². The lowest BCUT2D eigenvalue weighted by Gasteiger charge is -2.25. The molecule has 10 N–H and O–H groups in total. The normalized spacial score (nSPS) is 12.1. The van der Waals surface area contributed by atoms with Crippen molar-refractivity contribution in [3.63, 3.8) is 0 Å². The van der Waals surface area contributed by atoms with Gasteiger partial charge in [0.1, 0.15) is 57.3 Å². The minimum Gasteiger partial charge on any atom is -0.455 e. The van der Waals surface area contributed by atoms with E-state index in [4.69, 9.17) is 41.9 Å². The first kappa shape index (κ1) is 41.2. The van der Waals surface area contributed by atoms with Crippen molar-refractivity contribution >= 4 is 121 Å². The van der Waals surface area contributed by atoms with Crippen molar-refractivity contribution in [1.82, 2.24) is 18.8 Å². The molecule has 0 saturated heterocycles. The van der Waals surface area contributed by atoms with Gasteiger partial charge in [-0.2, -0.15) is 0 Å². The van der Waals surface area contributed by atoms with E-state index in [0.717, 1.165) is 11.0 Å². The summed E-state index contributed by atoms with van der Waals surface area (Å²) in [6.07, 6.45) is 0. The molecule has 14 nitrogen and oxygen atoms in total. The summed E-state index contributed by atoms with van der Waals surface area (Å²) in [5.41, 5.74) is 31.7. The summed E-state index contributed by atoms with van der Waals surface area (Å²) < 4.78 is 31.9. The molecule has 15 aromatic rings. The van der Waals surface area contributed by atoms with Crippen LogP contribution in [0.5, 0.6) is 46.0 Å². The van der Waals surface area contributed by atoms with E-state index in [1.807, 2.05) is 109 Å². The fourth-order valence-corrected chi connectivity index (χ4v) is 11.2. The number of rotatable bonds is 8. The van der Waals surface area contributed by atoms with Crippen LogP contribution < -0.4 is 53.0 Å². The van der Waals surface area contributed by atoms with Gasteiger partial charge in [-0.25, -0.2) is 0 Å². The maximum absolute atomic E-state index is 15.6. The second-order valence-electron chi connectivity index (χ2n) is 18.5. The molecule has 0 bridgehead atoms. The first-order valence-corrected chi connectivity index (χ1v) is 23.8. The van der Waals surface area contributed by atoms with Gasteiger partial charge in [-0.05, 0) is 97.1 Å². The van der Waals surface area contributed by atoms with E-state index in [-0.39, 0.29) is 22.6 Å². The average Bonchev–Trinajstić information content (AvgIpc) is 4.03. The SMILES string of the molecule is Nc1ccccc1Oc1cc2c(=O)n3c4ccccc4[nH]c3c3cc(Oc4ccccc4N)c4c5c(Oc6ccccc6N)cc6c7c(cc(Oc8ccccc8N)c(c1c4c23)c57)c(=O)n1c2ccccc2[nH]c61. The highest BCUT2D eigenvalue weighted by Crippen LogP contribution is 2.58. The van der Waals surface area contributed by atoms with Crippen LogP contribution in [-0.2, 0) is 0 Å². The van der Waals surface area contributed by atoms with Crippen LogP contribution in [0.3, 0.4) is 0 Å². The lowest BCUT2D eigenvalue weighted by atomic mass is 9.84. The molecule has 14 heteroatoms. The smallest absolute Gasteiger partial charge is 0.264 e. The number of hydrogen-bond acceptors (Lipinski definition) is 10. The summed E-state index contributed by atoms with van der Waals surface area (Å²) in [4.78, 5) is 38.3. The Morgan fingerprint density at radius 3 is 0.919 bits per heavy atom. The number of benzene rings is 11. The van der Waals surface area contributed by atoms with Crippen LogP contribution in [0.1, 0.15) is 0 Å². The second kappa shape index (κ2) is 15.0. The zero-order valence-corrected chi connectivity index (χ0v) is 38.8. The van der Waals surface area contributed by atoms with Crippen LogP contribution in [-0.4, -0.2) is 18.8 Å². The fraction of sp³-hybridized carbons (Fsp3) is 0. The summed E-state index contributed by atoms with van der Waals surface area (Å²) in [7, 11) is 0. The number of aromatic amines is 2. The molecule has 0 atom stereocenters. The number of aromatic nitrogens is 4. The third kappa shape index (κ3) is 5.63. The molecule has 15 rings (SSSR count). The molecular formula is C60H38N8O6. The molecule has 4 heterocycles. The molecule has 0 saturated carbocycles. The summed E-state index contributed by atoms with van der Waals surface area (Å²) >= 11 is 0. The van der Waals surface area contributed by atoms with E-state index in [0.29, 0.717) is 144 Å². The zero-order valence-electron chi connectivity index (χ0n) is 38.8. The van der Waals surface area contributed by atoms with Crippen LogP contribution in [0.25, 0.3) is 98.0 Å². The number of hydrogen-bond donors (Lipinski definition) is 6. The highest BCUT2D eigenvalue weighted by atomic mass is 16.5. The van der Waals surface area contributed by atoms with Crippen LogP contribution in [0.2, 0.25) is 0 Å². The van der Waals surface area contributed by atoms with Gasteiger partial charge < -0.3 is 51.9 Å². The van der Waals surface area contributed by atoms with Crippen molar-refractivity contribution in [2.45, 2.75) is 0 Å². The molecule has 0 amide bonds. The summed E-state index contributed by atoms with van der Waals surface area (Å²) in [5.74, 6) is 2.66. The molecule has 74 heavy (non-hydrogen) atoms. The highest BCUT2D eigenvalue weighted by molar-refractivity contribution is 6.45. The van der Waals surface area contributed by atoms with Crippen molar-refractivity contribution < 1.29 is 18.9 Å². The Hall–Kier alpha value is -10.6. The van der Waals surface area contributed by atoms with Crippen molar-refractivity contribution in [3.05, 3.63) is 191 Å². The largest absolute Gasteiger partial charge is 0.455 e. The Labute approximate surface area is 416 Å². The minimum atomic E-state index is -0.304. The third-order valence-electron chi connectivity index (χ3n) is 14.3. The van der Waals surface area contributed by atoms with Gasteiger partial charge in [0.05, 0.1) is 55.6 Å². The van der Waals surface area contributed by atoms with Crippen LogP contribution in [0.15, 0.2) is 179 Å². The number of ether oxygens (including phenoxy) is 4. The second-order valence-corrected chi connectivity index (χ2v) is 18.5. The number of fused-ring (bicyclic) bond motifs is 10. The predicted octanol–water partition coefficient (Wildman–Crippen LogP) is 13.2. The van der Waals surface area contributed by atoms with Gasteiger partial charge in [0.15, 0.2) is 0 Å². The quantitative estimate of drug-likeness (QED) is 0.0481. The molecule has 0 aliphatic carbocycles. The number of H-pyrrole nitrogens is 2. The number of pyridine rings is 2. The van der Waals surface area contributed by atoms with Gasteiger partial charge in [0.25, 0.3) is 11.1 Å². The van der Waals surface area contributed by atoms with Gasteiger partial charge in [-0.1, -0.05) is 72.8 Å². The zero-order chi connectivity index (χ0) is 49.7. The molecule has 0 aliphatic heterocycles. The molecular weight excluding hydrogens is 929 g/mol. The van der Waals surface area contributed by atoms with Crippen LogP contribution in [0, 0.1) is 0 Å². The molecule has 4 aromatic heterocycles. The molecule has 0 unspecified atom stereocenters.